The quantitative estimate of drug-likeness (QED) is 0.281. The molecule has 1 amide bonds. The minimum absolute atomic E-state index is 0.0903. The summed E-state index contributed by atoms with van der Waals surface area (Å²) in [4.78, 5) is 25.1. The molecule has 1 atom stereocenters. The van der Waals surface area contributed by atoms with Crippen LogP contribution in [-0.4, -0.2) is 21.3 Å². The molecule has 6 nitrogen and oxygen atoms in total. The average molecular weight is 415 g/mol. The Kier molecular flexibility index (Phi) is 6.11. The zero-order valence-electron chi connectivity index (χ0n) is 15.3. The monoisotopic (exact) mass is 414 g/mol. The van der Waals surface area contributed by atoms with Gasteiger partial charge >= 0.3 is 0 Å². The summed E-state index contributed by atoms with van der Waals surface area (Å²) in [6.45, 7) is 4.07. The van der Waals surface area contributed by atoms with Gasteiger partial charge in [0.1, 0.15) is 5.75 Å². The Morgan fingerprint density at radius 1 is 1.29 bits per heavy atom. The Labute approximate surface area is 172 Å². The highest BCUT2D eigenvalue weighted by molar-refractivity contribution is 8.27. The van der Waals surface area contributed by atoms with E-state index in [2.05, 4.69) is 6.92 Å². The van der Waals surface area contributed by atoms with Gasteiger partial charge in [-0.3, -0.25) is 19.8 Å². The zero-order valence-corrected chi connectivity index (χ0v) is 17.0. The molecule has 28 heavy (non-hydrogen) atoms. The molecule has 1 aliphatic heterocycles. The maximum atomic E-state index is 12.8. The van der Waals surface area contributed by atoms with Crippen LogP contribution in [-0.2, 0) is 4.79 Å². The van der Waals surface area contributed by atoms with Gasteiger partial charge in [-0.25, -0.2) is 0 Å². The third kappa shape index (κ3) is 4.40. The first-order valence-electron chi connectivity index (χ1n) is 8.68. The number of nitrogens with zero attached hydrogens (tertiary/aromatic N) is 2. The number of amides is 1. The van der Waals surface area contributed by atoms with Crippen molar-refractivity contribution in [3.8, 4) is 5.75 Å². The van der Waals surface area contributed by atoms with Crippen molar-refractivity contribution in [2.24, 2.45) is 0 Å². The first-order chi connectivity index (χ1) is 13.4. The van der Waals surface area contributed by atoms with E-state index in [9.17, 15) is 14.9 Å². The molecule has 2 aromatic rings. The van der Waals surface area contributed by atoms with E-state index in [0.29, 0.717) is 14.9 Å². The van der Waals surface area contributed by atoms with E-state index in [1.165, 1.54) is 34.9 Å². The van der Waals surface area contributed by atoms with Crippen LogP contribution in [0, 0.1) is 10.1 Å². The van der Waals surface area contributed by atoms with E-state index >= 15 is 0 Å². The number of thiocarbonyl (C=S) groups is 1. The van der Waals surface area contributed by atoms with E-state index < -0.39 is 4.92 Å². The molecule has 0 aliphatic carbocycles. The minimum atomic E-state index is -0.500. The number of hydrogen-bond acceptors (Lipinski definition) is 6. The Hall–Kier alpha value is -2.71. The van der Waals surface area contributed by atoms with Crippen LogP contribution >= 0.6 is 24.0 Å². The predicted octanol–water partition coefficient (Wildman–Crippen LogP) is 5.18. The fraction of sp³-hybridized carbons (Fsp3) is 0.200. The van der Waals surface area contributed by atoms with Crippen molar-refractivity contribution in [3.05, 3.63) is 69.1 Å². The molecule has 2 aromatic carbocycles. The van der Waals surface area contributed by atoms with Gasteiger partial charge in [0.15, 0.2) is 4.32 Å². The molecular weight excluding hydrogens is 396 g/mol. The fourth-order valence-corrected chi connectivity index (χ4v) is 3.84. The van der Waals surface area contributed by atoms with Crippen molar-refractivity contribution in [1.82, 2.24) is 0 Å². The molecular formula is C20H18N2O4S2. The lowest BCUT2D eigenvalue weighted by atomic mass is 10.2. The molecule has 0 aromatic heterocycles. The van der Waals surface area contributed by atoms with Crippen LogP contribution < -0.4 is 9.64 Å². The zero-order chi connectivity index (χ0) is 20.3. The number of nitro groups is 1. The van der Waals surface area contributed by atoms with Gasteiger partial charge in [-0.2, -0.15) is 0 Å². The molecule has 0 saturated carbocycles. The first-order valence-corrected chi connectivity index (χ1v) is 9.90. The number of rotatable bonds is 6. The van der Waals surface area contributed by atoms with E-state index in [0.717, 1.165) is 17.7 Å². The predicted molar refractivity (Wildman–Crippen MR) is 116 cm³/mol. The number of benzene rings is 2. The minimum Gasteiger partial charge on any atom is -0.491 e. The molecule has 1 saturated heterocycles. The Morgan fingerprint density at radius 2 is 2.00 bits per heavy atom. The summed E-state index contributed by atoms with van der Waals surface area (Å²) in [6.07, 6.45) is 2.81. The second-order valence-corrected chi connectivity index (χ2v) is 7.88. The third-order valence-corrected chi connectivity index (χ3v) is 5.48. The number of ether oxygens (including phenoxy) is 1. The molecule has 0 radical (unpaired) electrons. The summed E-state index contributed by atoms with van der Waals surface area (Å²) in [6, 6.07) is 13.3. The highest BCUT2D eigenvalue weighted by Crippen LogP contribution is 2.37. The first kappa shape index (κ1) is 20.0. The van der Waals surface area contributed by atoms with Crippen molar-refractivity contribution in [2.75, 3.05) is 4.90 Å². The average Bonchev–Trinajstić information content (AvgIpc) is 2.96. The summed E-state index contributed by atoms with van der Waals surface area (Å²) in [7, 11) is 0. The topological polar surface area (TPSA) is 72.7 Å². The number of non-ortho nitro benzene ring substituents is 1. The van der Waals surface area contributed by atoms with E-state index in [1.54, 1.807) is 12.1 Å². The standard InChI is InChI=1S/C20H18N2O4S2/c1-3-13(2)26-17-9-7-14(8-10-17)11-18-19(23)21(20(27)28-18)15-5-4-6-16(12-15)22(24)25/h4-13H,3H2,1-2H3/b18-11+/t13-/m1/s1. The van der Waals surface area contributed by atoms with Crippen LogP contribution in [0.1, 0.15) is 25.8 Å². The summed E-state index contributed by atoms with van der Waals surface area (Å²) in [5.74, 6) is 0.478. The smallest absolute Gasteiger partial charge is 0.271 e. The Bertz CT molecular complexity index is 957. The number of thioether (sulfide) groups is 1. The number of carbonyl (C=O) groups excluding carboxylic acids is 1. The van der Waals surface area contributed by atoms with Crippen LogP contribution in [0.3, 0.4) is 0 Å². The van der Waals surface area contributed by atoms with E-state index in [1.807, 2.05) is 31.2 Å². The van der Waals surface area contributed by atoms with Gasteiger partial charge in [-0.15, -0.1) is 0 Å². The molecule has 1 fully saturated rings. The summed E-state index contributed by atoms with van der Waals surface area (Å²) in [5.41, 5.74) is 1.14. The molecule has 3 rings (SSSR count). The molecule has 0 bridgehead atoms. The second-order valence-electron chi connectivity index (χ2n) is 6.20. The van der Waals surface area contributed by atoms with Crippen molar-refractivity contribution in [3.63, 3.8) is 0 Å². The van der Waals surface area contributed by atoms with Gasteiger partial charge in [0.25, 0.3) is 11.6 Å². The van der Waals surface area contributed by atoms with Gasteiger partial charge in [-0.05, 0) is 43.2 Å². The number of carbonyl (C=O) groups is 1. The van der Waals surface area contributed by atoms with Gasteiger partial charge in [0.2, 0.25) is 0 Å². The fourth-order valence-electron chi connectivity index (χ4n) is 2.55. The largest absolute Gasteiger partial charge is 0.491 e. The molecule has 0 spiro atoms. The van der Waals surface area contributed by atoms with Crippen LogP contribution in [0.5, 0.6) is 5.75 Å². The number of anilines is 1. The second kappa shape index (κ2) is 8.53. The van der Waals surface area contributed by atoms with Crippen LogP contribution in [0.2, 0.25) is 0 Å². The highest BCUT2D eigenvalue weighted by Gasteiger charge is 2.33. The number of hydrogen-bond donors (Lipinski definition) is 0. The maximum absolute atomic E-state index is 12.8. The lowest BCUT2D eigenvalue weighted by Gasteiger charge is -2.14. The molecule has 1 aliphatic rings. The summed E-state index contributed by atoms with van der Waals surface area (Å²) < 4.78 is 6.10. The lowest BCUT2D eigenvalue weighted by molar-refractivity contribution is -0.384. The van der Waals surface area contributed by atoms with E-state index in [4.69, 9.17) is 17.0 Å². The molecule has 1 heterocycles. The SMILES string of the molecule is CC[C@@H](C)Oc1ccc(/C=C2/SC(=S)N(c3cccc([N+](=O)[O-])c3)C2=O)cc1. The van der Waals surface area contributed by atoms with Crippen LogP contribution in [0.25, 0.3) is 6.08 Å². The van der Waals surface area contributed by atoms with Gasteiger partial charge in [0, 0.05) is 12.1 Å². The van der Waals surface area contributed by atoms with Gasteiger partial charge in [-0.1, -0.05) is 49.1 Å². The van der Waals surface area contributed by atoms with Crippen molar-refractivity contribution >= 4 is 51.7 Å². The van der Waals surface area contributed by atoms with Crippen molar-refractivity contribution in [1.29, 1.82) is 0 Å². The van der Waals surface area contributed by atoms with Gasteiger partial charge in [0.05, 0.1) is 21.6 Å². The molecule has 8 heteroatoms. The van der Waals surface area contributed by atoms with E-state index in [-0.39, 0.29) is 17.7 Å². The van der Waals surface area contributed by atoms with Crippen molar-refractivity contribution in [2.45, 2.75) is 26.4 Å². The number of nitro benzene ring substituents is 1. The summed E-state index contributed by atoms with van der Waals surface area (Å²) in [5, 5.41) is 11.0. The third-order valence-electron chi connectivity index (χ3n) is 4.18. The lowest BCUT2D eigenvalue weighted by Crippen LogP contribution is -2.27. The van der Waals surface area contributed by atoms with Crippen LogP contribution in [0.15, 0.2) is 53.4 Å². The molecule has 0 N–H and O–H groups in total. The van der Waals surface area contributed by atoms with Crippen molar-refractivity contribution < 1.29 is 14.5 Å². The Balaban J connectivity index is 1.81. The molecule has 0 unspecified atom stereocenters. The Morgan fingerprint density at radius 3 is 2.64 bits per heavy atom. The van der Waals surface area contributed by atoms with Gasteiger partial charge < -0.3 is 4.74 Å². The maximum Gasteiger partial charge on any atom is 0.271 e. The van der Waals surface area contributed by atoms with Crippen LogP contribution in [0.4, 0.5) is 11.4 Å². The normalized spacial score (nSPS) is 16.5. The highest BCUT2D eigenvalue weighted by atomic mass is 32.2. The molecule has 144 valence electrons. The summed E-state index contributed by atoms with van der Waals surface area (Å²) >= 11 is 6.49.